The van der Waals surface area contributed by atoms with Crippen LogP contribution in [-0.2, 0) is 9.59 Å². The Morgan fingerprint density at radius 2 is 1.97 bits per heavy atom. The first-order chi connectivity index (χ1) is 16.5. The van der Waals surface area contributed by atoms with Gasteiger partial charge in [-0.2, -0.15) is 0 Å². The van der Waals surface area contributed by atoms with Crippen LogP contribution < -0.4 is 10.6 Å². The molecule has 0 radical (unpaired) electrons. The third-order valence-electron chi connectivity index (χ3n) is 5.82. The van der Waals surface area contributed by atoms with Crippen LogP contribution in [0.1, 0.15) is 46.4 Å². The molecule has 2 aliphatic rings. The molecule has 0 bridgehead atoms. The van der Waals surface area contributed by atoms with Crippen molar-refractivity contribution in [2.75, 3.05) is 17.6 Å². The molecule has 4 amide bonds. The fraction of sp³-hybridized carbons (Fsp3) is 0.292. The molecule has 0 aliphatic carbocycles. The normalized spacial score (nSPS) is 17.7. The molecule has 3 heterocycles. The molecule has 0 spiro atoms. The van der Waals surface area contributed by atoms with Gasteiger partial charge in [0.1, 0.15) is 6.04 Å². The average molecular weight is 495 g/mol. The monoisotopic (exact) mass is 494 g/mol. The second kappa shape index (κ2) is 9.55. The number of nitrogens with zero attached hydrogens (tertiary/aromatic N) is 2. The van der Waals surface area contributed by atoms with E-state index in [0.29, 0.717) is 37.9 Å². The number of benzene rings is 2. The summed E-state index contributed by atoms with van der Waals surface area (Å²) in [5.41, 5.74) is 1.92. The summed E-state index contributed by atoms with van der Waals surface area (Å²) in [4.78, 5) is 55.9. The first-order valence-corrected chi connectivity index (χ1v) is 12.9. The molecule has 5 rings (SSSR count). The van der Waals surface area contributed by atoms with Gasteiger partial charge in [-0.05, 0) is 49.6 Å². The Morgan fingerprint density at radius 3 is 2.79 bits per heavy atom. The summed E-state index contributed by atoms with van der Waals surface area (Å²) in [5.74, 6) is -0.664. The number of piperidine rings is 1. The van der Waals surface area contributed by atoms with Gasteiger partial charge in [-0.15, -0.1) is 11.3 Å². The molecule has 1 aromatic heterocycles. The molecule has 10 heteroatoms. The van der Waals surface area contributed by atoms with Crippen LogP contribution in [0.3, 0.4) is 0 Å². The second-order valence-corrected chi connectivity index (χ2v) is 10.5. The van der Waals surface area contributed by atoms with Crippen LogP contribution in [0.4, 0.5) is 5.69 Å². The maximum atomic E-state index is 12.9. The van der Waals surface area contributed by atoms with E-state index in [9.17, 15) is 19.2 Å². The van der Waals surface area contributed by atoms with Crippen LogP contribution >= 0.6 is 23.1 Å². The first-order valence-electron chi connectivity index (χ1n) is 11.1. The zero-order chi connectivity index (χ0) is 23.7. The summed E-state index contributed by atoms with van der Waals surface area (Å²) < 4.78 is 2.13. The number of para-hydroxylation sites is 1. The lowest BCUT2D eigenvalue weighted by Crippen LogP contribution is -2.52. The number of thioether (sulfide) groups is 1. The SMILES string of the molecule is O=C(CCCSc1nc2ccccc2s1)Nc1ccc2c(c1)C(=O)N(C1CCCNC1=O)C2=O. The van der Waals surface area contributed by atoms with E-state index in [1.807, 2.05) is 24.3 Å². The Balaban J connectivity index is 1.16. The fourth-order valence-corrected chi connectivity index (χ4v) is 6.23. The summed E-state index contributed by atoms with van der Waals surface area (Å²) in [6, 6.07) is 11.9. The van der Waals surface area contributed by atoms with Gasteiger partial charge in [0.05, 0.1) is 21.3 Å². The molecule has 1 fully saturated rings. The van der Waals surface area contributed by atoms with Crippen LogP contribution in [0.15, 0.2) is 46.8 Å². The smallest absolute Gasteiger partial charge is 0.262 e. The molecule has 2 N–H and O–H groups in total. The van der Waals surface area contributed by atoms with Crippen LogP contribution in [0.25, 0.3) is 10.2 Å². The number of fused-ring (bicyclic) bond motifs is 2. The molecule has 1 unspecified atom stereocenters. The zero-order valence-corrected chi connectivity index (χ0v) is 19.8. The summed E-state index contributed by atoms with van der Waals surface area (Å²) >= 11 is 3.28. The molecule has 2 aliphatic heterocycles. The largest absolute Gasteiger partial charge is 0.354 e. The van der Waals surface area contributed by atoms with Crippen LogP contribution in [0.2, 0.25) is 0 Å². The third kappa shape index (κ3) is 4.43. The van der Waals surface area contributed by atoms with Crippen molar-refractivity contribution in [3.63, 3.8) is 0 Å². The zero-order valence-electron chi connectivity index (χ0n) is 18.2. The summed E-state index contributed by atoms with van der Waals surface area (Å²) in [5, 5.41) is 5.52. The van der Waals surface area contributed by atoms with Crippen molar-refractivity contribution in [1.82, 2.24) is 15.2 Å². The topological polar surface area (TPSA) is 108 Å². The standard InChI is InChI=1S/C24H22N4O4S2/c29-20(8-4-12-33-24-27-17-5-1-2-7-19(17)34-24)26-14-9-10-15-16(13-14)23(32)28(22(15)31)18-6-3-11-25-21(18)30/h1-2,5,7,9-10,13,18H,3-4,6,8,11-12H2,(H,25,30)(H,26,29). The van der Waals surface area contributed by atoms with E-state index in [0.717, 1.165) is 25.2 Å². The quantitative estimate of drug-likeness (QED) is 0.295. The van der Waals surface area contributed by atoms with Gasteiger partial charge in [0.25, 0.3) is 11.8 Å². The summed E-state index contributed by atoms with van der Waals surface area (Å²) in [7, 11) is 0. The van der Waals surface area contributed by atoms with Gasteiger partial charge in [-0.3, -0.25) is 24.1 Å². The van der Waals surface area contributed by atoms with Gasteiger partial charge in [-0.25, -0.2) is 4.98 Å². The number of amides is 4. The number of hydrogen-bond donors (Lipinski definition) is 2. The van der Waals surface area contributed by atoms with Crippen molar-refractivity contribution in [2.45, 2.75) is 36.1 Å². The van der Waals surface area contributed by atoms with E-state index < -0.39 is 17.9 Å². The lowest BCUT2D eigenvalue weighted by molar-refractivity contribution is -0.126. The number of nitrogens with one attached hydrogen (secondary N) is 2. The van der Waals surface area contributed by atoms with Crippen molar-refractivity contribution < 1.29 is 19.2 Å². The van der Waals surface area contributed by atoms with E-state index in [4.69, 9.17) is 0 Å². The van der Waals surface area contributed by atoms with Crippen molar-refractivity contribution in [2.24, 2.45) is 0 Å². The predicted octanol–water partition coefficient (Wildman–Crippen LogP) is 3.68. The Hall–Kier alpha value is -3.24. The van der Waals surface area contributed by atoms with E-state index in [-0.39, 0.29) is 22.9 Å². The molecule has 34 heavy (non-hydrogen) atoms. The molecule has 1 saturated heterocycles. The maximum absolute atomic E-state index is 12.9. The van der Waals surface area contributed by atoms with Gasteiger partial charge < -0.3 is 10.6 Å². The number of aromatic nitrogens is 1. The van der Waals surface area contributed by atoms with E-state index in [2.05, 4.69) is 15.6 Å². The van der Waals surface area contributed by atoms with Gasteiger partial charge in [-0.1, -0.05) is 23.9 Å². The fourth-order valence-electron chi connectivity index (χ4n) is 4.15. The lowest BCUT2D eigenvalue weighted by atomic mass is 10.1. The number of hydrogen-bond acceptors (Lipinski definition) is 7. The molecular weight excluding hydrogens is 472 g/mol. The predicted molar refractivity (Wildman–Crippen MR) is 131 cm³/mol. The van der Waals surface area contributed by atoms with Gasteiger partial charge in [0.2, 0.25) is 11.8 Å². The number of carbonyl (C=O) groups is 4. The highest BCUT2D eigenvalue weighted by Gasteiger charge is 2.43. The van der Waals surface area contributed by atoms with E-state index >= 15 is 0 Å². The Labute approximate surface area is 204 Å². The van der Waals surface area contributed by atoms with Gasteiger partial charge in [0.15, 0.2) is 4.34 Å². The number of thiazole rings is 1. The van der Waals surface area contributed by atoms with Crippen molar-refractivity contribution in [3.05, 3.63) is 53.6 Å². The highest BCUT2D eigenvalue weighted by Crippen LogP contribution is 2.31. The van der Waals surface area contributed by atoms with Crippen LogP contribution in [0.5, 0.6) is 0 Å². The van der Waals surface area contributed by atoms with E-state index in [1.165, 1.54) is 12.1 Å². The molecule has 1 atom stereocenters. The minimum atomic E-state index is -0.785. The van der Waals surface area contributed by atoms with Crippen molar-refractivity contribution >= 4 is 62.6 Å². The Morgan fingerprint density at radius 1 is 1.15 bits per heavy atom. The molecule has 2 aromatic carbocycles. The van der Waals surface area contributed by atoms with Gasteiger partial charge >= 0.3 is 0 Å². The number of imide groups is 1. The summed E-state index contributed by atoms with van der Waals surface area (Å²) in [6.07, 6.45) is 2.17. The van der Waals surface area contributed by atoms with E-state index in [1.54, 1.807) is 29.2 Å². The Kier molecular flexibility index (Phi) is 6.34. The molecular formula is C24H22N4O4S2. The maximum Gasteiger partial charge on any atom is 0.262 e. The third-order valence-corrected chi connectivity index (χ3v) is 8.08. The second-order valence-electron chi connectivity index (χ2n) is 8.14. The van der Waals surface area contributed by atoms with Crippen molar-refractivity contribution in [3.8, 4) is 0 Å². The first kappa shape index (κ1) is 22.5. The summed E-state index contributed by atoms with van der Waals surface area (Å²) in [6.45, 7) is 0.549. The van der Waals surface area contributed by atoms with Crippen LogP contribution in [-0.4, -0.2) is 51.9 Å². The highest BCUT2D eigenvalue weighted by atomic mass is 32.2. The van der Waals surface area contributed by atoms with Crippen LogP contribution in [0, 0.1) is 0 Å². The molecule has 0 saturated carbocycles. The lowest BCUT2D eigenvalue weighted by Gasteiger charge is -2.28. The van der Waals surface area contributed by atoms with Crippen molar-refractivity contribution in [1.29, 1.82) is 0 Å². The number of anilines is 1. The highest BCUT2D eigenvalue weighted by molar-refractivity contribution is 8.01. The average Bonchev–Trinajstić information content (AvgIpc) is 3.35. The molecule has 3 aromatic rings. The number of carbonyl (C=O) groups excluding carboxylic acids is 4. The minimum absolute atomic E-state index is 0.162. The number of rotatable bonds is 7. The van der Waals surface area contributed by atoms with Gasteiger partial charge in [0, 0.05) is 24.4 Å². The molecule has 174 valence electrons. The minimum Gasteiger partial charge on any atom is -0.354 e. The molecule has 8 nitrogen and oxygen atoms in total. The Bertz CT molecular complexity index is 1270.